The summed E-state index contributed by atoms with van der Waals surface area (Å²) < 4.78 is 11.3. The molecule has 0 aliphatic heterocycles. The third-order valence-corrected chi connectivity index (χ3v) is 4.64. The molecule has 0 bridgehead atoms. The molecule has 3 rings (SSSR count). The molecule has 1 heterocycles. The van der Waals surface area contributed by atoms with E-state index in [1.807, 2.05) is 60.9 Å². The highest BCUT2D eigenvalue weighted by molar-refractivity contribution is 7.98. The van der Waals surface area contributed by atoms with Crippen molar-refractivity contribution in [3.63, 3.8) is 0 Å². The molecular weight excluding hydrogens is 322 g/mol. The van der Waals surface area contributed by atoms with Crippen molar-refractivity contribution in [3.8, 4) is 0 Å². The van der Waals surface area contributed by atoms with Crippen LogP contribution >= 0.6 is 11.8 Å². The van der Waals surface area contributed by atoms with Gasteiger partial charge in [-0.25, -0.2) is 0 Å². The number of furan rings is 1. The highest BCUT2D eigenvalue weighted by Gasteiger charge is 2.18. The van der Waals surface area contributed by atoms with Crippen LogP contribution in [-0.2, 0) is 4.74 Å². The van der Waals surface area contributed by atoms with Crippen molar-refractivity contribution in [2.75, 3.05) is 19.9 Å². The number of carbonyl (C=O) groups excluding carboxylic acids is 1. The molecule has 0 fully saturated rings. The Morgan fingerprint density at radius 2 is 1.96 bits per heavy atom. The van der Waals surface area contributed by atoms with Gasteiger partial charge in [0, 0.05) is 17.4 Å². The summed E-state index contributed by atoms with van der Waals surface area (Å²) in [6, 6.07) is 17.3. The predicted molar refractivity (Wildman–Crippen MR) is 96.5 cm³/mol. The fourth-order valence-corrected chi connectivity index (χ4v) is 3.17. The van der Waals surface area contributed by atoms with E-state index in [9.17, 15) is 4.79 Å². The summed E-state index contributed by atoms with van der Waals surface area (Å²) in [4.78, 5) is 13.4. The summed E-state index contributed by atoms with van der Waals surface area (Å²) >= 11 is 1.55. The smallest absolute Gasteiger partial charge is 0.252 e. The lowest BCUT2D eigenvalue weighted by molar-refractivity contribution is 0.0745. The fraction of sp³-hybridized carbons (Fsp3) is 0.211. The van der Waals surface area contributed by atoms with Crippen LogP contribution in [0.3, 0.4) is 0 Å². The Balaban J connectivity index is 1.72. The maximum atomic E-state index is 12.4. The first-order chi connectivity index (χ1) is 11.7. The first kappa shape index (κ1) is 16.6. The first-order valence-electron chi connectivity index (χ1n) is 7.65. The van der Waals surface area contributed by atoms with Crippen LogP contribution in [0.2, 0.25) is 0 Å². The van der Waals surface area contributed by atoms with Crippen LogP contribution in [0.25, 0.3) is 11.0 Å². The van der Waals surface area contributed by atoms with E-state index in [0.29, 0.717) is 17.9 Å². The van der Waals surface area contributed by atoms with Crippen molar-refractivity contribution in [1.29, 1.82) is 0 Å². The fourth-order valence-electron chi connectivity index (χ4n) is 2.57. The van der Waals surface area contributed by atoms with Gasteiger partial charge in [-0.1, -0.05) is 30.3 Å². The number of hydrogen-bond acceptors (Lipinski definition) is 4. The molecule has 0 unspecified atom stereocenters. The molecule has 0 saturated carbocycles. The van der Waals surface area contributed by atoms with Crippen molar-refractivity contribution in [3.05, 3.63) is 65.9 Å². The van der Waals surface area contributed by atoms with E-state index < -0.39 is 0 Å². The number of benzene rings is 2. The standard InChI is InChI=1S/C19H19NO3S/c1-22-17(16-11-13-7-3-5-9-15(13)23-16)12-20-19(21)14-8-4-6-10-18(14)24-2/h3-11,17H,12H2,1-2H3,(H,20,21)/t17-/m0/s1. The molecule has 5 heteroatoms. The minimum absolute atomic E-state index is 0.113. The molecule has 0 radical (unpaired) electrons. The molecule has 0 aliphatic rings. The third kappa shape index (κ3) is 3.47. The van der Waals surface area contributed by atoms with E-state index in [1.54, 1.807) is 18.9 Å². The number of nitrogens with one attached hydrogen (secondary N) is 1. The summed E-state index contributed by atoms with van der Waals surface area (Å²) in [7, 11) is 1.61. The molecule has 0 spiro atoms. The Bertz CT molecular complexity index is 810. The maximum absolute atomic E-state index is 12.4. The van der Waals surface area contributed by atoms with E-state index in [2.05, 4.69) is 5.32 Å². The second-order valence-corrected chi connectivity index (χ2v) is 6.17. The topological polar surface area (TPSA) is 51.5 Å². The number of para-hydroxylation sites is 1. The van der Waals surface area contributed by atoms with E-state index in [1.165, 1.54) is 0 Å². The van der Waals surface area contributed by atoms with Crippen molar-refractivity contribution in [2.24, 2.45) is 0 Å². The Morgan fingerprint density at radius 3 is 2.71 bits per heavy atom. The highest BCUT2D eigenvalue weighted by atomic mass is 32.2. The van der Waals surface area contributed by atoms with E-state index >= 15 is 0 Å². The second kappa shape index (κ2) is 7.55. The van der Waals surface area contributed by atoms with Gasteiger partial charge in [-0.15, -0.1) is 11.8 Å². The first-order valence-corrected chi connectivity index (χ1v) is 8.88. The Labute approximate surface area is 145 Å². The highest BCUT2D eigenvalue weighted by Crippen LogP contribution is 2.25. The zero-order valence-corrected chi connectivity index (χ0v) is 14.4. The quantitative estimate of drug-likeness (QED) is 0.680. The van der Waals surface area contributed by atoms with Crippen molar-refractivity contribution >= 4 is 28.6 Å². The normalized spacial score (nSPS) is 12.2. The average molecular weight is 341 g/mol. The molecule has 1 aromatic heterocycles. The molecule has 0 saturated heterocycles. The van der Waals surface area contributed by atoms with Crippen LogP contribution in [0, 0.1) is 0 Å². The van der Waals surface area contributed by atoms with Crippen LogP contribution < -0.4 is 5.32 Å². The van der Waals surface area contributed by atoms with Gasteiger partial charge in [-0.3, -0.25) is 4.79 Å². The lowest BCUT2D eigenvalue weighted by Gasteiger charge is -2.14. The molecule has 124 valence electrons. The summed E-state index contributed by atoms with van der Waals surface area (Å²) in [6.45, 7) is 0.345. The average Bonchev–Trinajstić information content (AvgIpc) is 3.05. The number of methoxy groups -OCH3 is 1. The Morgan fingerprint density at radius 1 is 1.21 bits per heavy atom. The lowest BCUT2D eigenvalue weighted by atomic mass is 10.2. The van der Waals surface area contributed by atoms with Gasteiger partial charge in [-0.05, 0) is 30.5 Å². The molecule has 1 amide bonds. The maximum Gasteiger partial charge on any atom is 0.252 e. The monoisotopic (exact) mass is 341 g/mol. The number of hydrogen-bond donors (Lipinski definition) is 1. The summed E-state index contributed by atoms with van der Waals surface area (Å²) in [6.07, 6.45) is 1.63. The molecule has 2 aromatic carbocycles. The minimum atomic E-state index is -0.331. The van der Waals surface area contributed by atoms with Crippen LogP contribution in [0.1, 0.15) is 22.2 Å². The van der Waals surface area contributed by atoms with Gasteiger partial charge in [-0.2, -0.15) is 0 Å². The van der Waals surface area contributed by atoms with Gasteiger partial charge in [0.15, 0.2) is 0 Å². The zero-order valence-electron chi connectivity index (χ0n) is 13.6. The Hall–Kier alpha value is -2.24. The SMILES string of the molecule is CO[C@@H](CNC(=O)c1ccccc1SC)c1cc2ccccc2o1. The molecular formula is C19H19NO3S. The molecule has 24 heavy (non-hydrogen) atoms. The van der Waals surface area contributed by atoms with Crippen LogP contribution in [0.5, 0.6) is 0 Å². The molecule has 0 aliphatic carbocycles. The van der Waals surface area contributed by atoms with Crippen LogP contribution in [0.15, 0.2) is 63.9 Å². The molecule has 4 nitrogen and oxygen atoms in total. The summed E-state index contributed by atoms with van der Waals surface area (Å²) in [5, 5.41) is 3.95. The third-order valence-electron chi connectivity index (χ3n) is 3.85. The van der Waals surface area contributed by atoms with E-state index in [0.717, 1.165) is 15.9 Å². The van der Waals surface area contributed by atoms with Gasteiger partial charge in [0.2, 0.25) is 0 Å². The number of rotatable bonds is 6. The molecule has 1 atom stereocenters. The number of amides is 1. The van der Waals surface area contributed by atoms with Gasteiger partial charge >= 0.3 is 0 Å². The summed E-state index contributed by atoms with van der Waals surface area (Å²) in [5.41, 5.74) is 1.48. The zero-order chi connectivity index (χ0) is 16.9. The predicted octanol–water partition coefficient (Wildman–Crippen LogP) is 4.27. The van der Waals surface area contributed by atoms with E-state index in [4.69, 9.17) is 9.15 Å². The Kier molecular flexibility index (Phi) is 5.23. The minimum Gasteiger partial charge on any atom is -0.458 e. The number of ether oxygens (including phenoxy) is 1. The largest absolute Gasteiger partial charge is 0.458 e. The van der Waals surface area contributed by atoms with Crippen LogP contribution in [0.4, 0.5) is 0 Å². The van der Waals surface area contributed by atoms with Crippen LogP contribution in [-0.4, -0.2) is 25.8 Å². The van der Waals surface area contributed by atoms with E-state index in [-0.39, 0.29) is 12.0 Å². The van der Waals surface area contributed by atoms with Gasteiger partial charge < -0.3 is 14.5 Å². The number of fused-ring (bicyclic) bond motifs is 1. The second-order valence-electron chi connectivity index (χ2n) is 5.32. The number of carbonyl (C=O) groups is 1. The van der Waals surface area contributed by atoms with Crippen molar-refractivity contribution in [2.45, 2.75) is 11.0 Å². The van der Waals surface area contributed by atoms with Crippen molar-refractivity contribution in [1.82, 2.24) is 5.32 Å². The van der Waals surface area contributed by atoms with Crippen molar-refractivity contribution < 1.29 is 13.9 Å². The van der Waals surface area contributed by atoms with Gasteiger partial charge in [0.1, 0.15) is 17.4 Å². The van der Waals surface area contributed by atoms with Gasteiger partial charge in [0.25, 0.3) is 5.91 Å². The summed E-state index contributed by atoms with van der Waals surface area (Å²) in [5.74, 6) is 0.593. The molecule has 1 N–H and O–H groups in total. The lowest BCUT2D eigenvalue weighted by Crippen LogP contribution is -2.29. The number of thioether (sulfide) groups is 1. The molecule has 3 aromatic rings. The van der Waals surface area contributed by atoms with Gasteiger partial charge in [0.05, 0.1) is 12.1 Å².